The summed E-state index contributed by atoms with van der Waals surface area (Å²) in [7, 11) is 0. The van der Waals surface area contributed by atoms with Gasteiger partial charge in [0.25, 0.3) is 0 Å². The first-order valence-electron chi connectivity index (χ1n) is 33.3. The van der Waals surface area contributed by atoms with Crippen LogP contribution in [-0.4, -0.2) is 10.6 Å². The van der Waals surface area contributed by atoms with Crippen molar-refractivity contribution in [3.05, 3.63) is 338 Å². The molecule has 0 N–H and O–H groups in total. The summed E-state index contributed by atoms with van der Waals surface area (Å²) in [5, 5.41) is 10.0. The van der Waals surface area contributed by atoms with Gasteiger partial charge in [-0.05, 0) is 217 Å². The van der Waals surface area contributed by atoms with Gasteiger partial charge in [0.05, 0.1) is 17.1 Å². The largest absolute Gasteiger partial charge is 0.334 e. The summed E-state index contributed by atoms with van der Waals surface area (Å²) in [5.41, 5.74) is 24.4. The number of benzene rings is 13. The summed E-state index contributed by atoms with van der Waals surface area (Å²) in [6, 6.07) is 107. The third kappa shape index (κ3) is 9.02. The summed E-state index contributed by atoms with van der Waals surface area (Å²) < 4.78 is 2.75. The highest BCUT2D eigenvalue weighted by Gasteiger charge is 2.50. The maximum Gasteiger partial charge on any atom is 0.0579 e. The molecular formula is C90H70N4. The first-order valence-corrected chi connectivity index (χ1v) is 33.3. The van der Waals surface area contributed by atoms with Crippen molar-refractivity contribution < 1.29 is 0 Å². The Bertz CT molecular complexity index is 5470. The van der Waals surface area contributed by atoms with Crippen LogP contribution in [0.15, 0.2) is 321 Å². The molecule has 1 aromatic heterocycles. The van der Waals surface area contributed by atoms with Crippen LogP contribution >= 0.6 is 0 Å². The molecule has 18 rings (SSSR count). The lowest BCUT2D eigenvalue weighted by Gasteiger charge is -2.49. The van der Waals surface area contributed by atoms with Crippen molar-refractivity contribution in [1.29, 1.82) is 0 Å². The molecule has 0 radical (unpaired) electrons. The van der Waals surface area contributed by atoms with Crippen molar-refractivity contribution in [3.63, 3.8) is 0 Å². The number of nitrogens with zero attached hydrogens (tertiary/aromatic N) is 4. The monoisotopic (exact) mass is 1210 g/mol. The predicted molar refractivity (Wildman–Crippen MR) is 399 cm³/mol. The molecule has 0 saturated carbocycles. The molecule has 94 heavy (non-hydrogen) atoms. The number of allylic oxidation sites excluding steroid dienone is 6. The van der Waals surface area contributed by atoms with Crippen LogP contribution in [0.2, 0.25) is 0 Å². The number of fused-ring (bicyclic) bond motifs is 4. The van der Waals surface area contributed by atoms with Crippen molar-refractivity contribution in [1.82, 2.24) is 4.57 Å². The molecule has 0 amide bonds. The molecule has 13 aromatic carbocycles. The van der Waals surface area contributed by atoms with Crippen LogP contribution in [0.25, 0.3) is 87.6 Å². The smallest absolute Gasteiger partial charge is 0.0579 e. The summed E-state index contributed by atoms with van der Waals surface area (Å²) in [6.45, 7) is 10.1. The van der Waals surface area contributed by atoms with E-state index in [0.29, 0.717) is 0 Å². The molecule has 2 aliphatic carbocycles. The van der Waals surface area contributed by atoms with E-state index in [1.165, 1.54) is 121 Å². The molecule has 4 nitrogen and oxygen atoms in total. The lowest BCUT2D eigenvalue weighted by molar-refractivity contribution is 0.375. The Hall–Kier alpha value is -11.2. The zero-order valence-electron chi connectivity index (χ0n) is 53.4. The zero-order chi connectivity index (χ0) is 62.8. The van der Waals surface area contributed by atoms with E-state index in [4.69, 9.17) is 0 Å². The van der Waals surface area contributed by atoms with Gasteiger partial charge < -0.3 is 19.3 Å². The quantitative estimate of drug-likeness (QED) is 0.121. The Labute approximate surface area is 550 Å². The lowest BCUT2D eigenvalue weighted by atomic mass is 9.60. The molecule has 0 fully saturated rings. The van der Waals surface area contributed by atoms with Gasteiger partial charge in [0.2, 0.25) is 0 Å². The number of aromatic nitrogens is 1. The van der Waals surface area contributed by atoms with Gasteiger partial charge in [-0.3, -0.25) is 0 Å². The van der Waals surface area contributed by atoms with Gasteiger partial charge in [0, 0.05) is 78.7 Å². The molecule has 4 aliphatic rings. The number of rotatable bonds is 12. The van der Waals surface area contributed by atoms with Gasteiger partial charge in [-0.15, -0.1) is 0 Å². The van der Waals surface area contributed by atoms with E-state index in [1.807, 2.05) is 0 Å². The van der Waals surface area contributed by atoms with Gasteiger partial charge in [0.15, 0.2) is 0 Å². The average Bonchev–Trinajstić information content (AvgIpc) is 1.41. The van der Waals surface area contributed by atoms with Crippen LogP contribution < -0.4 is 14.7 Å². The summed E-state index contributed by atoms with van der Waals surface area (Å²) in [4.78, 5) is 7.30. The molecule has 2 aliphatic heterocycles. The fourth-order valence-electron chi connectivity index (χ4n) is 16.3. The normalized spacial score (nSPS) is 16.5. The zero-order valence-corrected chi connectivity index (χ0v) is 53.4. The molecule has 14 aromatic rings. The van der Waals surface area contributed by atoms with Crippen LogP contribution in [0.1, 0.15) is 57.2 Å². The highest BCUT2D eigenvalue weighted by molar-refractivity contribution is 6.17. The van der Waals surface area contributed by atoms with Crippen LogP contribution in [0.5, 0.6) is 0 Å². The molecule has 0 spiro atoms. The maximum atomic E-state index is 2.75. The van der Waals surface area contributed by atoms with Gasteiger partial charge in [-0.1, -0.05) is 222 Å². The first kappa shape index (κ1) is 55.6. The van der Waals surface area contributed by atoms with Gasteiger partial charge in [0.1, 0.15) is 0 Å². The van der Waals surface area contributed by atoms with E-state index >= 15 is 0 Å². The van der Waals surface area contributed by atoms with Gasteiger partial charge in [-0.2, -0.15) is 0 Å². The van der Waals surface area contributed by atoms with Crippen LogP contribution in [0, 0.1) is 5.92 Å². The van der Waals surface area contributed by atoms with Crippen LogP contribution in [0.4, 0.5) is 45.5 Å². The molecule has 2 atom stereocenters. The van der Waals surface area contributed by atoms with E-state index < -0.39 is 0 Å². The Morgan fingerprint density at radius 3 is 1.30 bits per heavy atom. The SMILES string of the molecule is CC1(C)C2=C3C(CC(c4ccc(N(c5ccc6ccccc6c5)C5C=CC=CC5)cc4)=C2)C(C)(C)c2cc(-c4ccc(N(c5ccccc5)c5ccc6ccccc6c5)cc4)cc4c5cc(-c6ccc(N(c7ccccc7)c7ccc8ccccc8c7)cc6)cc1c5n3c24. The Kier molecular flexibility index (Phi) is 12.9. The topological polar surface area (TPSA) is 14.7 Å². The maximum absolute atomic E-state index is 2.75. The number of para-hydroxylation sites is 2. The molecule has 4 heteroatoms. The fourth-order valence-corrected chi connectivity index (χ4v) is 16.3. The van der Waals surface area contributed by atoms with E-state index in [-0.39, 0.29) is 22.8 Å². The first-order chi connectivity index (χ1) is 46.1. The van der Waals surface area contributed by atoms with Crippen molar-refractivity contribution in [2.45, 2.75) is 57.4 Å². The second-order valence-electron chi connectivity index (χ2n) is 27.3. The van der Waals surface area contributed by atoms with E-state index in [0.717, 1.165) is 47.0 Å². The standard InChI is InChI=1S/C90H70N4/c1-89(2)82-55-68(62-32-41-74(42-33-62)91(71-26-8-5-9-27-71)77-47-38-59-20-14-17-23-65(59)50-77)53-80-81-54-69(63-34-43-75(44-35-63)92(72-28-10-6-11-29-72)78-48-39-60-21-15-18-24-66(60)51-78)56-83-87(81)94(86(80)82)88-84(89)57-70(58-85(88)90(83,3)4)64-36-45-76(46-37-64)93(73-30-12-7-13-31-73)79-49-40-61-22-16-19-25-67(61)52-79/h5-30,32-57,73,85H,31,58H2,1-4H3. The lowest BCUT2D eigenvalue weighted by Crippen LogP contribution is -2.41. The summed E-state index contributed by atoms with van der Waals surface area (Å²) in [6.07, 6.45) is 13.5. The second-order valence-corrected chi connectivity index (χ2v) is 27.3. The van der Waals surface area contributed by atoms with Gasteiger partial charge >= 0.3 is 0 Å². The summed E-state index contributed by atoms with van der Waals surface area (Å²) >= 11 is 0. The van der Waals surface area contributed by atoms with Crippen molar-refractivity contribution in [2.24, 2.45) is 5.92 Å². The highest BCUT2D eigenvalue weighted by atomic mass is 15.2. The minimum Gasteiger partial charge on any atom is -0.334 e. The van der Waals surface area contributed by atoms with Crippen LogP contribution in [0.3, 0.4) is 0 Å². The molecule has 0 bridgehead atoms. The fraction of sp³-hybridized carbons (Fsp3) is 0.111. The van der Waals surface area contributed by atoms with Crippen molar-refractivity contribution >= 4 is 111 Å². The molecule has 3 heterocycles. The van der Waals surface area contributed by atoms with Crippen LogP contribution in [-0.2, 0) is 10.8 Å². The average molecular weight is 1210 g/mol. The van der Waals surface area contributed by atoms with Gasteiger partial charge in [-0.25, -0.2) is 0 Å². The van der Waals surface area contributed by atoms with E-state index in [2.05, 4.69) is 362 Å². The van der Waals surface area contributed by atoms with E-state index in [9.17, 15) is 0 Å². The Balaban J connectivity index is 0.788. The third-order valence-electron chi connectivity index (χ3n) is 21.2. The van der Waals surface area contributed by atoms with E-state index in [1.54, 1.807) is 0 Å². The second kappa shape index (κ2) is 21.7. The number of hydrogen-bond acceptors (Lipinski definition) is 3. The Morgan fingerprint density at radius 2 is 0.787 bits per heavy atom. The molecular weight excluding hydrogens is 1140 g/mol. The summed E-state index contributed by atoms with van der Waals surface area (Å²) in [5.74, 6) is 0.204. The van der Waals surface area contributed by atoms with Crippen molar-refractivity contribution in [3.8, 4) is 22.3 Å². The minimum atomic E-state index is -0.340. The number of anilines is 8. The third-order valence-corrected chi connectivity index (χ3v) is 21.2. The number of hydrogen-bond donors (Lipinski definition) is 0. The minimum absolute atomic E-state index is 0.199. The predicted octanol–water partition coefficient (Wildman–Crippen LogP) is 24.4. The molecule has 450 valence electrons. The molecule has 0 saturated heterocycles. The molecule has 2 unspecified atom stereocenters. The highest BCUT2D eigenvalue weighted by Crippen LogP contribution is 2.62. The Morgan fingerprint density at radius 1 is 0.362 bits per heavy atom. The van der Waals surface area contributed by atoms with Crippen molar-refractivity contribution in [2.75, 3.05) is 14.7 Å².